The number of piperidine rings is 1. The molecule has 4 nitrogen and oxygen atoms in total. The Balaban J connectivity index is 2.46. The Morgan fingerprint density at radius 2 is 2.18 bits per heavy atom. The maximum atomic E-state index is 11.8. The number of nitrogens with zero attached hydrogens (tertiary/aromatic N) is 2. The Morgan fingerprint density at radius 1 is 1.53 bits per heavy atom. The minimum atomic E-state index is -0.285. The summed E-state index contributed by atoms with van der Waals surface area (Å²) in [6.45, 7) is 9.74. The third-order valence-electron chi connectivity index (χ3n) is 3.01. The zero-order valence-electron chi connectivity index (χ0n) is 11.2. The molecule has 0 aromatic heterocycles. The summed E-state index contributed by atoms with van der Waals surface area (Å²) < 4.78 is 5.25. The first-order valence-electron chi connectivity index (χ1n) is 6.15. The zero-order valence-corrected chi connectivity index (χ0v) is 11.2. The fraction of sp³-hybridized carbons (Fsp3) is 0.846. The second kappa shape index (κ2) is 5.39. The molecule has 2 atom stereocenters. The van der Waals surface area contributed by atoms with Crippen LogP contribution in [0.3, 0.4) is 0 Å². The number of amides is 1. The van der Waals surface area contributed by atoms with Gasteiger partial charge in [-0.15, -0.1) is 0 Å². The number of hydrogen-bond donors (Lipinski definition) is 0. The summed E-state index contributed by atoms with van der Waals surface area (Å²) in [5, 5.41) is 8.99. The molecule has 17 heavy (non-hydrogen) atoms. The highest BCUT2D eigenvalue weighted by Gasteiger charge is 2.30. The Kier molecular flexibility index (Phi) is 4.39. The Labute approximate surface area is 104 Å². The maximum Gasteiger partial charge on any atom is 0.409 e. The van der Waals surface area contributed by atoms with Crippen molar-refractivity contribution in [1.82, 2.24) is 4.90 Å². The van der Waals surface area contributed by atoms with E-state index in [0.717, 1.165) is 6.42 Å². The second-order valence-electron chi connectivity index (χ2n) is 6.06. The van der Waals surface area contributed by atoms with E-state index in [2.05, 4.69) is 13.0 Å². The van der Waals surface area contributed by atoms with Gasteiger partial charge in [0.25, 0.3) is 0 Å². The summed E-state index contributed by atoms with van der Waals surface area (Å²) in [4.78, 5) is 13.5. The Hall–Kier alpha value is -1.24. The number of nitriles is 1. The van der Waals surface area contributed by atoms with Gasteiger partial charge in [-0.25, -0.2) is 4.79 Å². The van der Waals surface area contributed by atoms with Crippen LogP contribution in [-0.4, -0.2) is 30.7 Å². The van der Waals surface area contributed by atoms with Crippen molar-refractivity contribution in [2.45, 2.75) is 34.1 Å². The monoisotopic (exact) mass is 238 g/mol. The van der Waals surface area contributed by atoms with E-state index in [1.54, 1.807) is 4.90 Å². The fourth-order valence-corrected chi connectivity index (χ4v) is 1.77. The Morgan fingerprint density at radius 3 is 2.71 bits per heavy atom. The molecule has 1 amide bonds. The average molecular weight is 238 g/mol. The van der Waals surface area contributed by atoms with Gasteiger partial charge in [-0.05, 0) is 17.8 Å². The van der Waals surface area contributed by atoms with E-state index < -0.39 is 0 Å². The van der Waals surface area contributed by atoms with Gasteiger partial charge in [0.1, 0.15) is 0 Å². The lowest BCUT2D eigenvalue weighted by atomic mass is 9.88. The molecule has 0 spiro atoms. The van der Waals surface area contributed by atoms with Crippen LogP contribution in [0.5, 0.6) is 0 Å². The summed E-state index contributed by atoms with van der Waals surface area (Å²) >= 11 is 0. The molecule has 4 heteroatoms. The van der Waals surface area contributed by atoms with Crippen molar-refractivity contribution in [2.75, 3.05) is 19.7 Å². The molecular weight excluding hydrogens is 216 g/mol. The van der Waals surface area contributed by atoms with Crippen LogP contribution in [0.1, 0.15) is 34.1 Å². The highest BCUT2D eigenvalue weighted by atomic mass is 16.6. The van der Waals surface area contributed by atoms with Crippen molar-refractivity contribution in [3.05, 3.63) is 0 Å². The topological polar surface area (TPSA) is 53.3 Å². The fourth-order valence-electron chi connectivity index (χ4n) is 1.77. The molecule has 96 valence electrons. The van der Waals surface area contributed by atoms with Gasteiger partial charge in [-0.2, -0.15) is 5.26 Å². The lowest BCUT2D eigenvalue weighted by Crippen LogP contribution is -2.43. The van der Waals surface area contributed by atoms with Crippen molar-refractivity contribution in [3.63, 3.8) is 0 Å². The van der Waals surface area contributed by atoms with Gasteiger partial charge in [0, 0.05) is 13.1 Å². The molecule has 1 aliphatic heterocycles. The average Bonchev–Trinajstić information content (AvgIpc) is 2.25. The quantitative estimate of drug-likeness (QED) is 0.705. The number of ether oxygens (including phenoxy) is 1. The van der Waals surface area contributed by atoms with Gasteiger partial charge in [0.15, 0.2) is 0 Å². The Bertz CT molecular complexity index is 314. The van der Waals surface area contributed by atoms with E-state index in [1.165, 1.54) is 0 Å². The molecule has 0 aromatic carbocycles. The first-order chi connectivity index (χ1) is 7.83. The molecule has 0 bridgehead atoms. The number of carbonyl (C=O) groups is 1. The van der Waals surface area contributed by atoms with Crippen molar-refractivity contribution in [1.29, 1.82) is 5.26 Å². The summed E-state index contributed by atoms with van der Waals surface area (Å²) in [5.41, 5.74) is -0.0205. The third kappa shape index (κ3) is 4.26. The number of likely N-dealkylation sites (tertiary alicyclic amines) is 1. The van der Waals surface area contributed by atoms with Crippen LogP contribution < -0.4 is 0 Å². The van der Waals surface area contributed by atoms with Gasteiger partial charge in [0.2, 0.25) is 0 Å². The van der Waals surface area contributed by atoms with Gasteiger partial charge < -0.3 is 9.64 Å². The molecule has 1 aliphatic rings. The number of rotatable bonds is 1. The molecular formula is C13H22N2O2. The molecule has 0 aliphatic carbocycles. The van der Waals surface area contributed by atoms with Crippen LogP contribution in [0.4, 0.5) is 4.79 Å². The van der Waals surface area contributed by atoms with Crippen molar-refractivity contribution in [2.24, 2.45) is 17.3 Å². The SMILES string of the molecule is CC1CCN(C(=O)OCC(C)(C)C)CC1C#N. The minimum absolute atomic E-state index is 0.0205. The predicted octanol–water partition coefficient (Wildman–Crippen LogP) is 2.65. The highest BCUT2D eigenvalue weighted by molar-refractivity contribution is 5.67. The van der Waals surface area contributed by atoms with E-state index in [-0.39, 0.29) is 17.4 Å². The standard InChI is InChI=1S/C13H22N2O2/c1-10-5-6-15(8-11(10)7-14)12(16)17-9-13(2,3)4/h10-11H,5-6,8-9H2,1-4H3. The lowest BCUT2D eigenvalue weighted by Gasteiger charge is -2.33. The summed E-state index contributed by atoms with van der Waals surface area (Å²) in [6, 6.07) is 2.26. The molecule has 0 radical (unpaired) electrons. The van der Waals surface area contributed by atoms with Gasteiger partial charge >= 0.3 is 6.09 Å². The van der Waals surface area contributed by atoms with Gasteiger partial charge in [-0.1, -0.05) is 27.7 Å². The molecule has 2 unspecified atom stereocenters. The maximum absolute atomic E-state index is 11.8. The van der Waals surface area contributed by atoms with E-state index in [0.29, 0.717) is 25.6 Å². The molecule has 1 rings (SSSR count). The summed E-state index contributed by atoms with van der Waals surface area (Å²) in [6.07, 6.45) is 0.593. The smallest absolute Gasteiger partial charge is 0.409 e. The molecule has 1 saturated heterocycles. The van der Waals surface area contributed by atoms with Gasteiger partial charge in [-0.3, -0.25) is 0 Å². The van der Waals surface area contributed by atoms with E-state index in [1.807, 2.05) is 20.8 Å². The third-order valence-corrected chi connectivity index (χ3v) is 3.01. The van der Waals surface area contributed by atoms with Crippen LogP contribution in [0.2, 0.25) is 0 Å². The first kappa shape index (κ1) is 13.8. The molecule has 1 heterocycles. The van der Waals surface area contributed by atoms with Crippen LogP contribution in [0, 0.1) is 28.6 Å². The second-order valence-corrected chi connectivity index (χ2v) is 6.06. The summed E-state index contributed by atoms with van der Waals surface area (Å²) in [5.74, 6) is 0.303. The highest BCUT2D eigenvalue weighted by Crippen LogP contribution is 2.23. The lowest BCUT2D eigenvalue weighted by molar-refractivity contribution is 0.0569. The van der Waals surface area contributed by atoms with Gasteiger partial charge in [0.05, 0.1) is 18.6 Å². The molecule has 0 saturated carbocycles. The first-order valence-corrected chi connectivity index (χ1v) is 6.15. The summed E-state index contributed by atoms with van der Waals surface area (Å²) in [7, 11) is 0. The van der Waals surface area contributed by atoms with Crippen molar-refractivity contribution in [3.8, 4) is 6.07 Å². The largest absolute Gasteiger partial charge is 0.449 e. The minimum Gasteiger partial charge on any atom is -0.449 e. The van der Waals surface area contributed by atoms with Crippen molar-refractivity contribution >= 4 is 6.09 Å². The van der Waals surface area contributed by atoms with Crippen LogP contribution >= 0.6 is 0 Å². The van der Waals surface area contributed by atoms with E-state index in [4.69, 9.17) is 10.00 Å². The number of hydrogen-bond acceptors (Lipinski definition) is 3. The number of carbonyl (C=O) groups excluding carboxylic acids is 1. The van der Waals surface area contributed by atoms with E-state index in [9.17, 15) is 4.79 Å². The predicted molar refractivity (Wildman–Crippen MR) is 65.3 cm³/mol. The molecule has 0 N–H and O–H groups in total. The normalized spacial score (nSPS) is 25.2. The van der Waals surface area contributed by atoms with Crippen LogP contribution in [0.15, 0.2) is 0 Å². The van der Waals surface area contributed by atoms with Crippen LogP contribution in [-0.2, 0) is 4.74 Å². The zero-order chi connectivity index (χ0) is 13.1. The molecule has 0 aromatic rings. The van der Waals surface area contributed by atoms with E-state index >= 15 is 0 Å². The van der Waals surface area contributed by atoms with Crippen LogP contribution in [0.25, 0.3) is 0 Å². The van der Waals surface area contributed by atoms with Crippen molar-refractivity contribution < 1.29 is 9.53 Å². The molecule has 1 fully saturated rings.